The average Bonchev–Trinajstić information content (AvgIpc) is 2.79. The summed E-state index contributed by atoms with van der Waals surface area (Å²) in [4.78, 5) is 19.4. The highest BCUT2D eigenvalue weighted by Crippen LogP contribution is 2.11. The lowest BCUT2D eigenvalue weighted by Crippen LogP contribution is -2.32. The highest BCUT2D eigenvalue weighted by molar-refractivity contribution is 5.96. The van der Waals surface area contributed by atoms with E-state index in [2.05, 4.69) is 15.3 Å². The molecule has 0 aliphatic carbocycles. The Hall–Kier alpha value is -1.69. The maximum atomic E-state index is 11.7. The lowest BCUT2D eigenvalue weighted by atomic mass is 10.2. The van der Waals surface area contributed by atoms with Crippen LogP contribution in [0.4, 0.5) is 5.82 Å². The number of hydrogen-bond donors (Lipinski definition) is 2. The molecule has 1 amide bonds. The molecule has 0 bridgehead atoms. The molecular weight excluding hydrogens is 208 g/mol. The van der Waals surface area contributed by atoms with Gasteiger partial charge in [0.1, 0.15) is 0 Å². The summed E-state index contributed by atoms with van der Waals surface area (Å²) >= 11 is 0. The minimum absolute atomic E-state index is 0.113. The van der Waals surface area contributed by atoms with Gasteiger partial charge in [0.25, 0.3) is 5.91 Å². The van der Waals surface area contributed by atoms with Crippen molar-refractivity contribution in [3.63, 3.8) is 0 Å². The van der Waals surface area contributed by atoms with E-state index < -0.39 is 0 Å². The van der Waals surface area contributed by atoms with E-state index in [0.717, 1.165) is 19.4 Å². The quantitative estimate of drug-likeness (QED) is 0.749. The van der Waals surface area contributed by atoms with Gasteiger partial charge in [-0.1, -0.05) is 0 Å². The molecule has 86 valence electrons. The van der Waals surface area contributed by atoms with Crippen molar-refractivity contribution >= 4 is 11.7 Å². The molecule has 1 aromatic heterocycles. The Balaban J connectivity index is 1.90. The minimum atomic E-state index is -0.305. The fourth-order valence-electron chi connectivity index (χ4n) is 1.62. The summed E-state index contributed by atoms with van der Waals surface area (Å²) in [7, 11) is 0. The third kappa shape index (κ3) is 2.46. The summed E-state index contributed by atoms with van der Waals surface area (Å²) < 4.78 is 5.39. The van der Waals surface area contributed by atoms with Crippen molar-refractivity contribution in [3.8, 4) is 0 Å². The number of nitrogens with zero attached hydrogens (tertiary/aromatic N) is 2. The third-order valence-corrected chi connectivity index (χ3v) is 2.46. The maximum absolute atomic E-state index is 11.7. The van der Waals surface area contributed by atoms with Crippen LogP contribution in [0.15, 0.2) is 12.4 Å². The van der Waals surface area contributed by atoms with E-state index in [1.165, 1.54) is 12.4 Å². The van der Waals surface area contributed by atoms with E-state index in [-0.39, 0.29) is 23.5 Å². The predicted molar refractivity (Wildman–Crippen MR) is 57.8 cm³/mol. The molecule has 1 aliphatic rings. The first kappa shape index (κ1) is 10.8. The van der Waals surface area contributed by atoms with Crippen molar-refractivity contribution in [2.24, 2.45) is 0 Å². The van der Waals surface area contributed by atoms with Gasteiger partial charge < -0.3 is 15.8 Å². The molecule has 1 atom stereocenters. The molecule has 1 aliphatic heterocycles. The number of carbonyl (C=O) groups excluding carboxylic acids is 1. The van der Waals surface area contributed by atoms with E-state index >= 15 is 0 Å². The molecule has 2 heterocycles. The van der Waals surface area contributed by atoms with Crippen molar-refractivity contribution in [1.29, 1.82) is 0 Å². The SMILES string of the molecule is Nc1nccnc1C(=O)NC[C@@H]1CCCO1. The fraction of sp³-hybridized carbons (Fsp3) is 0.500. The molecule has 1 saturated heterocycles. The van der Waals surface area contributed by atoms with Crippen LogP contribution in [0.1, 0.15) is 23.3 Å². The number of hydrogen-bond acceptors (Lipinski definition) is 5. The highest BCUT2D eigenvalue weighted by atomic mass is 16.5. The predicted octanol–water partition coefficient (Wildman–Crippen LogP) is -0.0324. The zero-order chi connectivity index (χ0) is 11.4. The molecule has 0 unspecified atom stereocenters. The first-order valence-electron chi connectivity index (χ1n) is 5.23. The van der Waals surface area contributed by atoms with Crippen LogP contribution in [0.3, 0.4) is 0 Å². The van der Waals surface area contributed by atoms with Crippen LogP contribution >= 0.6 is 0 Å². The van der Waals surface area contributed by atoms with Crippen molar-refractivity contribution < 1.29 is 9.53 Å². The Morgan fingerprint density at radius 2 is 2.38 bits per heavy atom. The molecule has 1 fully saturated rings. The standard InChI is InChI=1S/C10H14N4O2/c11-9-8(12-3-4-13-9)10(15)14-6-7-2-1-5-16-7/h3-4,7H,1-2,5-6H2,(H2,11,13)(H,14,15)/t7-/m0/s1. The minimum Gasteiger partial charge on any atom is -0.382 e. The van der Waals surface area contributed by atoms with Crippen LogP contribution in [-0.2, 0) is 4.74 Å². The van der Waals surface area contributed by atoms with Crippen molar-refractivity contribution in [2.75, 3.05) is 18.9 Å². The summed E-state index contributed by atoms with van der Waals surface area (Å²) in [6, 6.07) is 0. The molecule has 16 heavy (non-hydrogen) atoms. The molecule has 2 rings (SSSR count). The Morgan fingerprint density at radius 3 is 3.06 bits per heavy atom. The molecule has 0 spiro atoms. The Kier molecular flexibility index (Phi) is 3.31. The highest BCUT2D eigenvalue weighted by Gasteiger charge is 2.18. The number of amides is 1. The molecular formula is C10H14N4O2. The van der Waals surface area contributed by atoms with Crippen molar-refractivity contribution in [1.82, 2.24) is 15.3 Å². The summed E-state index contributed by atoms with van der Waals surface area (Å²) in [5.74, 6) is -0.159. The summed E-state index contributed by atoms with van der Waals surface area (Å²) in [5.41, 5.74) is 5.71. The summed E-state index contributed by atoms with van der Waals surface area (Å²) in [6.45, 7) is 1.27. The maximum Gasteiger partial charge on any atom is 0.273 e. The van der Waals surface area contributed by atoms with Crippen molar-refractivity contribution in [2.45, 2.75) is 18.9 Å². The van der Waals surface area contributed by atoms with Gasteiger partial charge in [0.05, 0.1) is 6.10 Å². The third-order valence-electron chi connectivity index (χ3n) is 2.46. The van der Waals surface area contributed by atoms with Crippen LogP contribution in [0.5, 0.6) is 0 Å². The largest absolute Gasteiger partial charge is 0.382 e. The normalized spacial score (nSPS) is 19.6. The number of aromatic nitrogens is 2. The molecule has 3 N–H and O–H groups in total. The Bertz CT molecular complexity index is 377. The zero-order valence-electron chi connectivity index (χ0n) is 8.85. The van der Waals surface area contributed by atoms with Crippen molar-refractivity contribution in [3.05, 3.63) is 18.1 Å². The van der Waals surface area contributed by atoms with Crippen LogP contribution in [0.2, 0.25) is 0 Å². The van der Waals surface area contributed by atoms with E-state index in [4.69, 9.17) is 10.5 Å². The summed E-state index contributed by atoms with van der Waals surface area (Å²) in [5, 5.41) is 2.74. The van der Waals surface area contributed by atoms with Crippen LogP contribution in [0, 0.1) is 0 Å². The molecule has 1 aromatic rings. The summed E-state index contributed by atoms with van der Waals surface area (Å²) in [6.07, 6.45) is 5.04. The number of anilines is 1. The topological polar surface area (TPSA) is 90.1 Å². The smallest absolute Gasteiger partial charge is 0.273 e. The van der Waals surface area contributed by atoms with E-state index in [0.29, 0.717) is 6.54 Å². The lowest BCUT2D eigenvalue weighted by molar-refractivity contribution is 0.0854. The number of nitrogens with one attached hydrogen (secondary N) is 1. The Morgan fingerprint density at radius 1 is 1.56 bits per heavy atom. The van der Waals surface area contributed by atoms with Crippen LogP contribution in [0.25, 0.3) is 0 Å². The second-order valence-electron chi connectivity index (χ2n) is 3.64. The first-order chi connectivity index (χ1) is 7.77. The Labute approximate surface area is 93.2 Å². The van der Waals surface area contributed by atoms with Gasteiger partial charge in [-0.2, -0.15) is 0 Å². The van der Waals surface area contributed by atoms with Gasteiger partial charge in [0.15, 0.2) is 11.5 Å². The molecule has 0 radical (unpaired) electrons. The number of rotatable bonds is 3. The van der Waals surface area contributed by atoms with Crippen LogP contribution in [-0.4, -0.2) is 35.1 Å². The van der Waals surface area contributed by atoms with E-state index in [1.807, 2.05) is 0 Å². The number of nitrogens with two attached hydrogens (primary N) is 1. The van der Waals surface area contributed by atoms with Gasteiger partial charge >= 0.3 is 0 Å². The van der Waals surface area contributed by atoms with Gasteiger partial charge in [0, 0.05) is 25.5 Å². The van der Waals surface area contributed by atoms with E-state index in [1.54, 1.807) is 0 Å². The van der Waals surface area contributed by atoms with Crippen LogP contribution < -0.4 is 11.1 Å². The van der Waals surface area contributed by atoms with Gasteiger partial charge in [-0.05, 0) is 12.8 Å². The molecule has 0 aromatic carbocycles. The zero-order valence-corrected chi connectivity index (χ0v) is 8.85. The molecule has 6 nitrogen and oxygen atoms in total. The fourth-order valence-corrected chi connectivity index (χ4v) is 1.62. The first-order valence-corrected chi connectivity index (χ1v) is 5.23. The second-order valence-corrected chi connectivity index (χ2v) is 3.64. The van der Waals surface area contributed by atoms with Gasteiger partial charge in [-0.3, -0.25) is 4.79 Å². The van der Waals surface area contributed by atoms with E-state index in [9.17, 15) is 4.79 Å². The molecule has 0 saturated carbocycles. The van der Waals surface area contributed by atoms with Gasteiger partial charge in [-0.25, -0.2) is 9.97 Å². The number of ether oxygens (including phenoxy) is 1. The second kappa shape index (κ2) is 4.89. The van der Waals surface area contributed by atoms with Gasteiger partial charge in [0.2, 0.25) is 0 Å². The monoisotopic (exact) mass is 222 g/mol. The average molecular weight is 222 g/mol. The lowest BCUT2D eigenvalue weighted by Gasteiger charge is -2.10. The number of nitrogen functional groups attached to an aromatic ring is 1. The molecule has 6 heteroatoms. The number of carbonyl (C=O) groups is 1. The van der Waals surface area contributed by atoms with Gasteiger partial charge in [-0.15, -0.1) is 0 Å².